The summed E-state index contributed by atoms with van der Waals surface area (Å²) < 4.78 is 5.95. The first-order valence-corrected chi connectivity index (χ1v) is 9.00. The van der Waals surface area contributed by atoms with E-state index in [4.69, 9.17) is 9.84 Å². The fourth-order valence-corrected chi connectivity index (χ4v) is 4.92. The quantitative estimate of drug-likeness (QED) is 0.606. The van der Waals surface area contributed by atoms with Gasteiger partial charge in [-0.1, -0.05) is 30.7 Å². The summed E-state index contributed by atoms with van der Waals surface area (Å²) in [6.45, 7) is 11.4. The van der Waals surface area contributed by atoms with Crippen LogP contribution in [0.1, 0.15) is 65.7 Å². The Morgan fingerprint density at radius 2 is 2.18 bits per heavy atom. The van der Waals surface area contributed by atoms with Crippen LogP contribution in [-0.2, 0) is 4.74 Å². The number of hydrogen-bond acceptors (Lipinski definition) is 2. The molecule has 0 bridgehead atoms. The van der Waals surface area contributed by atoms with Gasteiger partial charge in [0.1, 0.15) is 0 Å². The molecule has 3 rings (SSSR count). The third-order valence-electron chi connectivity index (χ3n) is 6.76. The first kappa shape index (κ1) is 16.3. The molecule has 0 unspecified atom stereocenters. The molecule has 0 aromatic carbocycles. The third-order valence-corrected chi connectivity index (χ3v) is 6.76. The summed E-state index contributed by atoms with van der Waals surface area (Å²) >= 11 is 0. The number of ether oxygens (including phenoxy) is 1. The van der Waals surface area contributed by atoms with Crippen LogP contribution in [0.15, 0.2) is 23.8 Å². The van der Waals surface area contributed by atoms with Crippen molar-refractivity contribution in [3.05, 3.63) is 23.8 Å². The predicted molar refractivity (Wildman–Crippen MR) is 90.7 cm³/mol. The molecule has 0 amide bonds. The molecule has 2 saturated carbocycles. The van der Waals surface area contributed by atoms with Crippen LogP contribution < -0.4 is 0 Å². The maximum absolute atomic E-state index is 9.13. The Balaban J connectivity index is 1.64. The van der Waals surface area contributed by atoms with Gasteiger partial charge >= 0.3 is 0 Å². The van der Waals surface area contributed by atoms with Crippen molar-refractivity contribution in [2.45, 2.75) is 77.4 Å². The molecule has 2 heteroatoms. The van der Waals surface area contributed by atoms with Gasteiger partial charge in [0.05, 0.1) is 18.3 Å². The normalized spacial score (nSPS) is 45.0. The van der Waals surface area contributed by atoms with Crippen molar-refractivity contribution in [1.29, 1.82) is 0 Å². The van der Waals surface area contributed by atoms with Gasteiger partial charge in [-0.25, -0.2) is 0 Å². The summed E-state index contributed by atoms with van der Waals surface area (Å²) in [7, 11) is 0. The largest absolute Gasteiger partial charge is 0.392 e. The highest BCUT2D eigenvalue weighted by molar-refractivity contribution is 5.17. The molecule has 0 aromatic heterocycles. The lowest BCUT2D eigenvalue weighted by Crippen LogP contribution is -2.46. The van der Waals surface area contributed by atoms with Gasteiger partial charge in [-0.05, 0) is 76.0 Å². The molecular formula is C20H32O2. The van der Waals surface area contributed by atoms with Crippen molar-refractivity contribution in [2.24, 2.45) is 17.3 Å². The molecule has 124 valence electrons. The second-order valence-electron chi connectivity index (χ2n) is 8.47. The molecule has 0 aromatic rings. The van der Waals surface area contributed by atoms with E-state index in [1.807, 2.05) is 6.92 Å². The Kier molecular flexibility index (Phi) is 4.28. The summed E-state index contributed by atoms with van der Waals surface area (Å²) in [5.41, 5.74) is 3.19. The van der Waals surface area contributed by atoms with Crippen molar-refractivity contribution in [3.8, 4) is 0 Å². The van der Waals surface area contributed by atoms with Crippen molar-refractivity contribution < 1.29 is 9.84 Å². The van der Waals surface area contributed by atoms with Crippen molar-refractivity contribution in [2.75, 3.05) is 6.61 Å². The second kappa shape index (κ2) is 5.79. The zero-order valence-electron chi connectivity index (χ0n) is 14.5. The maximum atomic E-state index is 9.13. The van der Waals surface area contributed by atoms with E-state index < -0.39 is 0 Å². The lowest BCUT2D eigenvalue weighted by molar-refractivity contribution is -0.0254. The average molecular weight is 304 g/mol. The summed E-state index contributed by atoms with van der Waals surface area (Å²) in [6.07, 6.45) is 11.2. The molecular weight excluding hydrogens is 272 g/mol. The highest BCUT2D eigenvalue weighted by Crippen LogP contribution is 2.61. The molecule has 3 aliphatic rings. The van der Waals surface area contributed by atoms with Gasteiger partial charge in [0.25, 0.3) is 0 Å². The van der Waals surface area contributed by atoms with Gasteiger partial charge in [-0.3, -0.25) is 0 Å². The molecule has 5 atom stereocenters. The molecule has 0 radical (unpaired) electrons. The van der Waals surface area contributed by atoms with E-state index >= 15 is 0 Å². The summed E-state index contributed by atoms with van der Waals surface area (Å²) in [5, 5.41) is 9.13. The van der Waals surface area contributed by atoms with Gasteiger partial charge in [0.15, 0.2) is 0 Å². The molecule has 1 N–H and O–H groups in total. The monoisotopic (exact) mass is 304 g/mol. The minimum atomic E-state index is 0.166. The number of aliphatic hydroxyl groups excluding tert-OH is 1. The van der Waals surface area contributed by atoms with Crippen LogP contribution in [0.5, 0.6) is 0 Å². The Morgan fingerprint density at radius 1 is 1.41 bits per heavy atom. The zero-order valence-corrected chi connectivity index (χ0v) is 14.5. The lowest BCUT2D eigenvalue weighted by atomic mass is 9.50. The molecule has 22 heavy (non-hydrogen) atoms. The highest BCUT2D eigenvalue weighted by atomic mass is 16.6. The molecule has 1 aliphatic heterocycles. The summed E-state index contributed by atoms with van der Waals surface area (Å²) in [5.74, 6) is 1.52. The minimum absolute atomic E-state index is 0.166. The Bertz CT molecular complexity index is 480. The highest BCUT2D eigenvalue weighted by Gasteiger charge is 2.56. The average Bonchev–Trinajstić information content (AvgIpc) is 3.11. The molecule has 0 spiro atoms. The fourth-order valence-electron chi connectivity index (χ4n) is 4.92. The number of epoxide rings is 1. The third kappa shape index (κ3) is 2.92. The van der Waals surface area contributed by atoms with Crippen LogP contribution in [0, 0.1) is 17.3 Å². The van der Waals surface area contributed by atoms with Crippen molar-refractivity contribution in [3.63, 3.8) is 0 Å². The standard InChI is InChI=1S/C20H32O2/c1-14(13-21)6-5-10-19(3)12-16-15(2)7-8-18-20(4,22-18)11-9-17(16)19/h6,16-18,21H,2,5,7-13H2,1,3-4H3/b14-6-/t16-,17-,18+,19-,20-/m0/s1. The number of allylic oxidation sites excluding steroid dienone is 2. The van der Waals surface area contributed by atoms with Crippen LogP contribution >= 0.6 is 0 Å². The van der Waals surface area contributed by atoms with Crippen LogP contribution in [-0.4, -0.2) is 23.4 Å². The Hall–Kier alpha value is -0.600. The van der Waals surface area contributed by atoms with Gasteiger partial charge < -0.3 is 9.84 Å². The first-order chi connectivity index (χ1) is 10.4. The Morgan fingerprint density at radius 3 is 2.91 bits per heavy atom. The van der Waals surface area contributed by atoms with Gasteiger partial charge in [-0.15, -0.1) is 0 Å². The number of hydrogen-bond donors (Lipinski definition) is 1. The maximum Gasteiger partial charge on any atom is 0.0920 e. The number of aliphatic hydroxyl groups is 1. The van der Waals surface area contributed by atoms with E-state index in [1.54, 1.807) is 0 Å². The second-order valence-corrected chi connectivity index (χ2v) is 8.47. The van der Waals surface area contributed by atoms with E-state index in [2.05, 4.69) is 26.5 Å². The van der Waals surface area contributed by atoms with E-state index in [-0.39, 0.29) is 12.2 Å². The molecule has 3 fully saturated rings. The fraction of sp³-hybridized carbons (Fsp3) is 0.800. The lowest BCUT2D eigenvalue weighted by Gasteiger charge is -2.55. The van der Waals surface area contributed by atoms with Crippen LogP contribution in [0.25, 0.3) is 0 Å². The SMILES string of the molecule is C=C1CC[C@H]2O[C@@]2(C)CC[C@H]2[C@H]1C[C@]2(C)CC/C=C(/C)CO. The first-order valence-electron chi connectivity index (χ1n) is 9.00. The number of rotatable bonds is 4. The molecule has 1 heterocycles. The van der Waals surface area contributed by atoms with Crippen LogP contribution in [0.2, 0.25) is 0 Å². The van der Waals surface area contributed by atoms with Gasteiger partial charge in [0.2, 0.25) is 0 Å². The molecule has 1 saturated heterocycles. The van der Waals surface area contributed by atoms with Crippen molar-refractivity contribution >= 4 is 0 Å². The Labute approximate surface area is 135 Å². The smallest absolute Gasteiger partial charge is 0.0920 e. The predicted octanol–water partition coefficient (Wildman–Crippen LogP) is 4.64. The van der Waals surface area contributed by atoms with E-state index in [0.717, 1.165) is 30.3 Å². The van der Waals surface area contributed by atoms with Crippen LogP contribution in [0.3, 0.4) is 0 Å². The van der Waals surface area contributed by atoms with Crippen LogP contribution in [0.4, 0.5) is 0 Å². The number of fused-ring (bicyclic) bond motifs is 2. The van der Waals surface area contributed by atoms with Crippen molar-refractivity contribution in [1.82, 2.24) is 0 Å². The zero-order chi connectivity index (χ0) is 16.0. The van der Waals surface area contributed by atoms with E-state index in [1.165, 1.54) is 37.7 Å². The van der Waals surface area contributed by atoms with E-state index in [9.17, 15) is 0 Å². The molecule has 2 nitrogen and oxygen atoms in total. The van der Waals surface area contributed by atoms with Gasteiger partial charge in [-0.2, -0.15) is 0 Å². The van der Waals surface area contributed by atoms with Gasteiger partial charge in [0, 0.05) is 0 Å². The van der Waals surface area contributed by atoms with E-state index in [0.29, 0.717) is 11.5 Å². The molecule has 2 aliphatic carbocycles. The topological polar surface area (TPSA) is 32.8 Å². The summed E-state index contributed by atoms with van der Waals surface area (Å²) in [4.78, 5) is 0. The summed E-state index contributed by atoms with van der Waals surface area (Å²) in [6, 6.07) is 0. The minimum Gasteiger partial charge on any atom is -0.392 e.